The van der Waals surface area contributed by atoms with Crippen molar-refractivity contribution in [3.05, 3.63) is 24.0 Å². The van der Waals surface area contributed by atoms with E-state index < -0.39 is 6.10 Å². The largest absolute Gasteiger partial charge is 0.397 e. The zero-order valence-corrected chi connectivity index (χ0v) is 8.53. The van der Waals surface area contributed by atoms with Crippen LogP contribution in [-0.2, 0) is 4.74 Å². The molecule has 4 N–H and O–H groups in total. The predicted octanol–water partition coefficient (Wildman–Crippen LogP) is 0.827. The number of hydrogen-bond acceptors (Lipinski definition) is 4. The Bertz CT molecular complexity index is 320. The van der Waals surface area contributed by atoms with Crippen LogP contribution in [0.25, 0.3) is 0 Å². The van der Waals surface area contributed by atoms with E-state index in [0.29, 0.717) is 17.9 Å². The fourth-order valence-corrected chi connectivity index (χ4v) is 1.17. The molecule has 0 amide bonds. The van der Waals surface area contributed by atoms with Gasteiger partial charge in [-0.1, -0.05) is 0 Å². The molecule has 0 saturated carbocycles. The van der Waals surface area contributed by atoms with E-state index in [4.69, 9.17) is 10.5 Å². The van der Waals surface area contributed by atoms with Gasteiger partial charge in [-0.3, -0.25) is 0 Å². The van der Waals surface area contributed by atoms with E-state index in [9.17, 15) is 9.50 Å². The maximum absolute atomic E-state index is 12.7. The van der Waals surface area contributed by atoms with Gasteiger partial charge in [0.1, 0.15) is 5.82 Å². The summed E-state index contributed by atoms with van der Waals surface area (Å²) in [5.41, 5.74) is 6.49. The summed E-state index contributed by atoms with van der Waals surface area (Å²) in [6.07, 6.45) is -0.612. The van der Waals surface area contributed by atoms with Gasteiger partial charge in [0.25, 0.3) is 0 Å². The van der Waals surface area contributed by atoms with Gasteiger partial charge in [-0.05, 0) is 18.2 Å². The molecule has 5 heteroatoms. The third-order valence-electron chi connectivity index (χ3n) is 1.90. The quantitative estimate of drug-likeness (QED) is 0.635. The van der Waals surface area contributed by atoms with E-state index in [-0.39, 0.29) is 12.4 Å². The molecule has 1 unspecified atom stereocenters. The predicted molar refractivity (Wildman–Crippen MR) is 57.2 cm³/mol. The Balaban J connectivity index is 2.50. The molecule has 0 saturated heterocycles. The summed E-state index contributed by atoms with van der Waals surface area (Å²) >= 11 is 0. The third-order valence-corrected chi connectivity index (χ3v) is 1.90. The lowest BCUT2D eigenvalue weighted by atomic mass is 10.2. The molecule has 0 radical (unpaired) electrons. The van der Waals surface area contributed by atoms with E-state index in [0.717, 1.165) is 0 Å². The lowest BCUT2D eigenvalue weighted by molar-refractivity contribution is 0.0728. The number of methoxy groups -OCH3 is 1. The smallest absolute Gasteiger partial charge is 0.125 e. The monoisotopic (exact) mass is 214 g/mol. The van der Waals surface area contributed by atoms with Gasteiger partial charge in [0.15, 0.2) is 0 Å². The van der Waals surface area contributed by atoms with E-state index in [1.54, 1.807) is 0 Å². The number of rotatable bonds is 5. The van der Waals surface area contributed by atoms with Crippen molar-refractivity contribution in [2.75, 3.05) is 31.3 Å². The molecule has 0 heterocycles. The maximum Gasteiger partial charge on any atom is 0.125 e. The summed E-state index contributed by atoms with van der Waals surface area (Å²) in [5.74, 6) is -0.379. The molecule has 0 aliphatic heterocycles. The molecule has 0 fully saturated rings. The number of nitrogens with two attached hydrogens (primary N) is 1. The maximum atomic E-state index is 12.7. The zero-order chi connectivity index (χ0) is 11.3. The minimum absolute atomic E-state index is 0.244. The number of hydrogen-bond donors (Lipinski definition) is 3. The Morgan fingerprint density at radius 1 is 1.60 bits per heavy atom. The van der Waals surface area contributed by atoms with Crippen LogP contribution in [0.5, 0.6) is 0 Å². The third kappa shape index (κ3) is 3.73. The van der Waals surface area contributed by atoms with Crippen molar-refractivity contribution in [3.8, 4) is 0 Å². The van der Waals surface area contributed by atoms with Crippen LogP contribution in [0.15, 0.2) is 18.2 Å². The van der Waals surface area contributed by atoms with Crippen LogP contribution in [0.4, 0.5) is 15.8 Å². The molecular weight excluding hydrogens is 199 g/mol. The highest BCUT2D eigenvalue weighted by molar-refractivity contribution is 5.65. The molecular formula is C10H15FN2O2. The number of aliphatic hydroxyl groups excluding tert-OH is 1. The Morgan fingerprint density at radius 2 is 2.33 bits per heavy atom. The zero-order valence-electron chi connectivity index (χ0n) is 8.53. The summed E-state index contributed by atoms with van der Waals surface area (Å²) in [4.78, 5) is 0. The van der Waals surface area contributed by atoms with Gasteiger partial charge in [0.2, 0.25) is 0 Å². The Hall–Kier alpha value is -1.33. The molecule has 1 aromatic rings. The van der Waals surface area contributed by atoms with Crippen LogP contribution < -0.4 is 11.1 Å². The molecule has 0 aromatic heterocycles. The van der Waals surface area contributed by atoms with Crippen molar-refractivity contribution in [3.63, 3.8) is 0 Å². The van der Waals surface area contributed by atoms with Crippen LogP contribution in [0.1, 0.15) is 0 Å². The van der Waals surface area contributed by atoms with Crippen molar-refractivity contribution < 1.29 is 14.2 Å². The first-order chi connectivity index (χ1) is 7.13. The molecule has 0 bridgehead atoms. The highest BCUT2D eigenvalue weighted by Crippen LogP contribution is 2.18. The molecule has 1 rings (SSSR count). The molecule has 0 spiro atoms. The highest BCUT2D eigenvalue weighted by Gasteiger charge is 2.05. The molecule has 84 valence electrons. The molecule has 15 heavy (non-hydrogen) atoms. The van der Waals surface area contributed by atoms with Crippen molar-refractivity contribution in [2.24, 2.45) is 0 Å². The fraction of sp³-hybridized carbons (Fsp3) is 0.400. The van der Waals surface area contributed by atoms with Gasteiger partial charge in [0, 0.05) is 13.7 Å². The minimum atomic E-state index is -0.612. The van der Waals surface area contributed by atoms with Crippen molar-refractivity contribution in [1.29, 1.82) is 0 Å². The van der Waals surface area contributed by atoms with E-state index in [1.165, 1.54) is 25.3 Å². The highest BCUT2D eigenvalue weighted by atomic mass is 19.1. The van der Waals surface area contributed by atoms with Crippen LogP contribution >= 0.6 is 0 Å². The van der Waals surface area contributed by atoms with Crippen molar-refractivity contribution in [2.45, 2.75) is 6.10 Å². The second kappa shape index (κ2) is 5.53. The number of anilines is 2. The van der Waals surface area contributed by atoms with Gasteiger partial charge < -0.3 is 20.9 Å². The number of ether oxygens (including phenoxy) is 1. The van der Waals surface area contributed by atoms with Gasteiger partial charge >= 0.3 is 0 Å². The van der Waals surface area contributed by atoms with Crippen LogP contribution in [0.3, 0.4) is 0 Å². The molecule has 0 aliphatic carbocycles. The number of aliphatic hydroxyl groups is 1. The molecule has 4 nitrogen and oxygen atoms in total. The van der Waals surface area contributed by atoms with Gasteiger partial charge in [-0.15, -0.1) is 0 Å². The number of nitrogen functional groups attached to an aromatic ring is 1. The second-order valence-electron chi connectivity index (χ2n) is 3.22. The summed E-state index contributed by atoms with van der Waals surface area (Å²) < 4.78 is 17.5. The normalized spacial score (nSPS) is 12.5. The number of nitrogens with one attached hydrogen (secondary N) is 1. The van der Waals surface area contributed by atoms with Crippen LogP contribution in [-0.4, -0.2) is 31.5 Å². The number of benzene rings is 1. The van der Waals surface area contributed by atoms with Gasteiger partial charge in [-0.25, -0.2) is 4.39 Å². The van der Waals surface area contributed by atoms with Crippen molar-refractivity contribution >= 4 is 11.4 Å². The van der Waals surface area contributed by atoms with Crippen molar-refractivity contribution in [1.82, 2.24) is 0 Å². The second-order valence-corrected chi connectivity index (χ2v) is 3.22. The average molecular weight is 214 g/mol. The summed E-state index contributed by atoms with van der Waals surface area (Å²) in [7, 11) is 1.51. The minimum Gasteiger partial charge on any atom is -0.397 e. The lowest BCUT2D eigenvalue weighted by Crippen LogP contribution is -2.24. The van der Waals surface area contributed by atoms with Gasteiger partial charge in [0.05, 0.1) is 24.1 Å². The Labute approximate surface area is 87.9 Å². The topological polar surface area (TPSA) is 67.5 Å². The fourth-order valence-electron chi connectivity index (χ4n) is 1.17. The first-order valence-electron chi connectivity index (χ1n) is 4.59. The summed E-state index contributed by atoms with van der Waals surface area (Å²) in [5, 5.41) is 12.3. The standard InChI is InChI=1S/C10H15FN2O2/c1-15-6-8(14)5-13-10-3-2-7(11)4-9(10)12/h2-4,8,13-14H,5-6,12H2,1H3. The Kier molecular flexibility index (Phi) is 4.33. The number of halogens is 1. The van der Waals surface area contributed by atoms with Crippen LogP contribution in [0, 0.1) is 5.82 Å². The summed E-state index contributed by atoms with van der Waals surface area (Å²) in [6, 6.07) is 4.07. The molecule has 1 atom stereocenters. The molecule has 1 aromatic carbocycles. The SMILES string of the molecule is COCC(O)CNc1ccc(F)cc1N. The van der Waals surface area contributed by atoms with E-state index >= 15 is 0 Å². The van der Waals surface area contributed by atoms with Crippen LogP contribution in [0.2, 0.25) is 0 Å². The molecule has 0 aliphatic rings. The van der Waals surface area contributed by atoms with E-state index in [2.05, 4.69) is 5.32 Å². The lowest BCUT2D eigenvalue weighted by Gasteiger charge is -2.13. The first kappa shape index (κ1) is 11.7. The first-order valence-corrected chi connectivity index (χ1v) is 4.59. The average Bonchev–Trinajstić information content (AvgIpc) is 2.17. The Morgan fingerprint density at radius 3 is 2.93 bits per heavy atom. The summed E-state index contributed by atoms with van der Waals surface area (Å²) in [6.45, 7) is 0.553. The van der Waals surface area contributed by atoms with E-state index in [1.807, 2.05) is 0 Å². The van der Waals surface area contributed by atoms with Gasteiger partial charge in [-0.2, -0.15) is 0 Å².